The molecule has 0 fully saturated rings. The summed E-state index contributed by atoms with van der Waals surface area (Å²) in [5.74, 6) is -1.11. The van der Waals surface area contributed by atoms with Crippen molar-refractivity contribution in [2.75, 3.05) is 18.5 Å². The molecule has 3 rings (SSSR count). The van der Waals surface area contributed by atoms with Gasteiger partial charge in [-0.1, -0.05) is 23.7 Å². The number of carbonyl (C=O) groups is 2. The van der Waals surface area contributed by atoms with Crippen molar-refractivity contribution in [2.45, 2.75) is 19.3 Å². The van der Waals surface area contributed by atoms with Crippen molar-refractivity contribution in [1.82, 2.24) is 5.32 Å². The van der Waals surface area contributed by atoms with Crippen molar-refractivity contribution in [1.29, 1.82) is 0 Å². The summed E-state index contributed by atoms with van der Waals surface area (Å²) in [4.78, 5) is 24.8. The van der Waals surface area contributed by atoms with Crippen LogP contribution < -0.4 is 15.4 Å². The highest BCUT2D eigenvalue weighted by Crippen LogP contribution is 2.34. The Morgan fingerprint density at radius 2 is 2.07 bits per heavy atom. The fourth-order valence-electron chi connectivity index (χ4n) is 3.08. The van der Waals surface area contributed by atoms with Gasteiger partial charge in [0.1, 0.15) is 18.2 Å². The summed E-state index contributed by atoms with van der Waals surface area (Å²) in [6, 6.07) is 8.93. The summed E-state index contributed by atoms with van der Waals surface area (Å²) in [7, 11) is 0. The molecular formula is C21H20ClFN2O4. The minimum atomic E-state index is -0.515. The smallest absolute Gasteiger partial charge is 0.253 e. The normalized spacial score (nSPS) is 16.1. The maximum atomic E-state index is 13.3. The van der Waals surface area contributed by atoms with Crippen LogP contribution in [0.1, 0.15) is 23.5 Å². The lowest BCUT2D eigenvalue weighted by molar-refractivity contribution is -0.121. The van der Waals surface area contributed by atoms with Crippen LogP contribution >= 0.6 is 11.6 Å². The van der Waals surface area contributed by atoms with E-state index in [1.807, 2.05) is 0 Å². The van der Waals surface area contributed by atoms with E-state index in [0.29, 0.717) is 27.6 Å². The number of aryl methyl sites for hydroxylation is 1. The number of hydrogen-bond donors (Lipinski definition) is 3. The van der Waals surface area contributed by atoms with E-state index < -0.39 is 17.6 Å². The average molecular weight is 419 g/mol. The Bertz CT molecular complexity index is 960. The summed E-state index contributed by atoms with van der Waals surface area (Å²) in [5, 5.41) is 14.6. The molecule has 1 aliphatic rings. The van der Waals surface area contributed by atoms with Crippen molar-refractivity contribution in [3.05, 3.63) is 70.1 Å². The van der Waals surface area contributed by atoms with E-state index >= 15 is 0 Å². The first kappa shape index (κ1) is 20.8. The molecule has 29 heavy (non-hydrogen) atoms. The van der Waals surface area contributed by atoms with E-state index in [2.05, 4.69) is 10.6 Å². The Morgan fingerprint density at radius 3 is 2.76 bits per heavy atom. The van der Waals surface area contributed by atoms with Crippen LogP contribution in [0.5, 0.6) is 5.75 Å². The molecule has 0 saturated carbocycles. The Labute approximate surface area is 172 Å². The SMILES string of the molecule is Cc1cc(Cl)c(NC(=O)C2=CNC(=O)CC2c2ccc(F)cc2)cc1OCCO. The molecule has 1 unspecified atom stereocenters. The lowest BCUT2D eigenvalue weighted by Crippen LogP contribution is -2.32. The fraction of sp³-hybridized carbons (Fsp3) is 0.238. The lowest BCUT2D eigenvalue weighted by atomic mass is 9.86. The molecule has 8 heteroatoms. The molecule has 1 atom stereocenters. The Balaban J connectivity index is 1.86. The third kappa shape index (κ3) is 4.93. The highest BCUT2D eigenvalue weighted by molar-refractivity contribution is 6.34. The quantitative estimate of drug-likeness (QED) is 0.671. The number of hydrogen-bond acceptors (Lipinski definition) is 4. The molecule has 1 heterocycles. The molecule has 0 aromatic heterocycles. The highest BCUT2D eigenvalue weighted by atomic mass is 35.5. The largest absolute Gasteiger partial charge is 0.491 e. The summed E-state index contributed by atoms with van der Waals surface area (Å²) in [6.07, 6.45) is 1.43. The van der Waals surface area contributed by atoms with Gasteiger partial charge < -0.3 is 20.5 Å². The van der Waals surface area contributed by atoms with Crippen molar-refractivity contribution >= 4 is 29.1 Å². The van der Waals surface area contributed by atoms with E-state index in [-0.39, 0.29) is 25.5 Å². The van der Waals surface area contributed by atoms with Gasteiger partial charge in [0.05, 0.1) is 17.3 Å². The Kier molecular flexibility index (Phi) is 6.51. The second-order valence-corrected chi connectivity index (χ2v) is 7.01. The van der Waals surface area contributed by atoms with Crippen LogP contribution in [0.4, 0.5) is 10.1 Å². The summed E-state index contributed by atoms with van der Waals surface area (Å²) >= 11 is 6.26. The molecule has 0 spiro atoms. The molecular weight excluding hydrogens is 399 g/mol. The van der Waals surface area contributed by atoms with Crippen molar-refractivity contribution in [3.8, 4) is 5.75 Å². The number of nitrogens with one attached hydrogen (secondary N) is 2. The molecule has 0 radical (unpaired) electrons. The van der Waals surface area contributed by atoms with E-state index in [1.54, 1.807) is 31.2 Å². The molecule has 2 amide bonds. The summed E-state index contributed by atoms with van der Waals surface area (Å²) < 4.78 is 18.7. The molecule has 6 nitrogen and oxygen atoms in total. The minimum Gasteiger partial charge on any atom is -0.491 e. The second kappa shape index (κ2) is 9.07. The third-order valence-electron chi connectivity index (χ3n) is 4.55. The van der Waals surface area contributed by atoms with Gasteiger partial charge in [0.2, 0.25) is 5.91 Å². The van der Waals surface area contributed by atoms with E-state index in [9.17, 15) is 14.0 Å². The van der Waals surface area contributed by atoms with Crippen LogP contribution in [0.3, 0.4) is 0 Å². The Morgan fingerprint density at radius 1 is 1.34 bits per heavy atom. The zero-order valence-corrected chi connectivity index (χ0v) is 16.4. The van der Waals surface area contributed by atoms with Gasteiger partial charge in [-0.25, -0.2) is 4.39 Å². The summed E-state index contributed by atoms with van der Waals surface area (Å²) in [6.45, 7) is 1.77. The number of halogens is 2. The molecule has 3 N–H and O–H groups in total. The van der Waals surface area contributed by atoms with Gasteiger partial charge in [-0.2, -0.15) is 0 Å². The zero-order chi connectivity index (χ0) is 21.0. The van der Waals surface area contributed by atoms with Crippen LogP contribution in [-0.2, 0) is 9.59 Å². The third-order valence-corrected chi connectivity index (χ3v) is 4.86. The molecule has 1 aliphatic heterocycles. The van der Waals surface area contributed by atoms with Gasteiger partial charge in [0.15, 0.2) is 0 Å². The number of benzene rings is 2. The second-order valence-electron chi connectivity index (χ2n) is 6.60. The first-order chi connectivity index (χ1) is 13.9. The molecule has 0 aliphatic carbocycles. The average Bonchev–Trinajstić information content (AvgIpc) is 2.69. The van der Waals surface area contributed by atoms with Gasteiger partial charge in [-0.15, -0.1) is 0 Å². The maximum Gasteiger partial charge on any atom is 0.253 e. The summed E-state index contributed by atoms with van der Waals surface area (Å²) in [5.41, 5.74) is 2.08. The number of aliphatic hydroxyl groups is 1. The minimum absolute atomic E-state index is 0.0668. The van der Waals surface area contributed by atoms with Gasteiger partial charge in [-0.05, 0) is 36.2 Å². The number of rotatable bonds is 6. The van der Waals surface area contributed by atoms with Gasteiger partial charge in [0, 0.05) is 30.2 Å². The highest BCUT2D eigenvalue weighted by Gasteiger charge is 2.29. The molecule has 2 aromatic rings. The zero-order valence-electron chi connectivity index (χ0n) is 15.7. The number of carbonyl (C=O) groups excluding carboxylic acids is 2. The number of anilines is 1. The van der Waals surface area contributed by atoms with Gasteiger partial charge in [-0.3, -0.25) is 9.59 Å². The lowest BCUT2D eigenvalue weighted by Gasteiger charge is -2.24. The predicted octanol–water partition coefficient (Wildman–Crippen LogP) is 3.28. The van der Waals surface area contributed by atoms with Crippen LogP contribution in [0.2, 0.25) is 5.02 Å². The number of amides is 2. The van der Waals surface area contributed by atoms with Crippen molar-refractivity contribution < 1.29 is 23.8 Å². The fourth-order valence-corrected chi connectivity index (χ4v) is 3.35. The molecule has 0 saturated heterocycles. The van der Waals surface area contributed by atoms with E-state index in [4.69, 9.17) is 21.4 Å². The monoisotopic (exact) mass is 418 g/mol. The van der Waals surface area contributed by atoms with E-state index in [0.717, 1.165) is 5.56 Å². The van der Waals surface area contributed by atoms with E-state index in [1.165, 1.54) is 18.3 Å². The maximum absolute atomic E-state index is 13.3. The van der Waals surface area contributed by atoms with Crippen molar-refractivity contribution in [2.24, 2.45) is 0 Å². The molecule has 2 aromatic carbocycles. The first-order valence-electron chi connectivity index (χ1n) is 8.99. The standard InChI is InChI=1S/C21H20ClFN2O4/c1-12-8-17(22)18(10-19(12)29-7-6-26)25-21(28)16-11-24-20(27)9-15(16)13-2-4-14(23)5-3-13/h2-5,8,10-11,15,26H,6-7,9H2,1H3,(H,24,27)(H,25,28). The predicted molar refractivity (Wildman–Crippen MR) is 107 cm³/mol. The molecule has 152 valence electrons. The number of aliphatic hydroxyl groups excluding tert-OH is 1. The van der Waals surface area contributed by atoms with Crippen LogP contribution in [0, 0.1) is 12.7 Å². The van der Waals surface area contributed by atoms with Crippen LogP contribution in [-0.4, -0.2) is 30.1 Å². The molecule has 0 bridgehead atoms. The Hall–Kier alpha value is -2.90. The van der Waals surface area contributed by atoms with Crippen LogP contribution in [0.15, 0.2) is 48.2 Å². The topological polar surface area (TPSA) is 87.7 Å². The number of ether oxygens (including phenoxy) is 1. The van der Waals surface area contributed by atoms with Crippen molar-refractivity contribution in [3.63, 3.8) is 0 Å². The van der Waals surface area contributed by atoms with Gasteiger partial charge >= 0.3 is 0 Å². The van der Waals surface area contributed by atoms with Crippen LogP contribution in [0.25, 0.3) is 0 Å². The van der Waals surface area contributed by atoms with Gasteiger partial charge in [0.25, 0.3) is 5.91 Å². The first-order valence-corrected chi connectivity index (χ1v) is 9.37.